The fourth-order valence-corrected chi connectivity index (χ4v) is 5.58. The molecule has 39 heavy (non-hydrogen) atoms. The van der Waals surface area contributed by atoms with Crippen molar-refractivity contribution in [3.05, 3.63) is 125 Å². The number of hydrogen-bond acceptors (Lipinski definition) is 6. The second-order valence-electron chi connectivity index (χ2n) is 9.03. The fraction of sp³-hybridized carbons (Fsp3) is 0.167. The Hall–Kier alpha value is -3.69. The van der Waals surface area contributed by atoms with Crippen LogP contribution in [0.5, 0.6) is 5.75 Å². The van der Waals surface area contributed by atoms with Gasteiger partial charge >= 0.3 is 5.97 Å². The normalized spacial score (nSPS) is 12.3. The van der Waals surface area contributed by atoms with E-state index in [1.807, 2.05) is 36.4 Å². The number of carboxylic acid groups (broad SMARTS) is 1. The van der Waals surface area contributed by atoms with Crippen molar-refractivity contribution >= 4 is 27.4 Å². The minimum absolute atomic E-state index is 0.0771. The monoisotopic (exact) mass is 565 g/mol. The van der Waals surface area contributed by atoms with E-state index in [1.165, 1.54) is 24.3 Å². The third kappa shape index (κ3) is 7.91. The number of hydrogen-bond donors (Lipinski definition) is 2. The van der Waals surface area contributed by atoms with Crippen molar-refractivity contribution in [1.82, 2.24) is 4.90 Å². The van der Waals surface area contributed by atoms with E-state index in [2.05, 4.69) is 4.90 Å². The van der Waals surface area contributed by atoms with Gasteiger partial charge < -0.3 is 14.9 Å². The minimum atomic E-state index is -3.78. The molecule has 0 radical (unpaired) electrons. The smallest absolute Gasteiger partial charge is 0.341 e. The number of aliphatic hydroxyl groups excluding tert-OH is 1. The number of ether oxygens (including phenoxy) is 1. The Morgan fingerprint density at radius 1 is 0.821 bits per heavy atom. The Morgan fingerprint density at radius 3 is 2.00 bits per heavy atom. The summed E-state index contributed by atoms with van der Waals surface area (Å²) in [5, 5.41) is 20.2. The van der Waals surface area contributed by atoms with Gasteiger partial charge in [0.05, 0.1) is 15.9 Å². The average Bonchev–Trinajstić information content (AvgIpc) is 2.93. The Labute approximate surface area is 232 Å². The molecule has 0 amide bonds. The number of benzene rings is 4. The van der Waals surface area contributed by atoms with E-state index < -0.39 is 28.5 Å². The van der Waals surface area contributed by atoms with Crippen LogP contribution in [0.3, 0.4) is 0 Å². The van der Waals surface area contributed by atoms with Crippen molar-refractivity contribution < 1.29 is 28.2 Å². The summed E-state index contributed by atoms with van der Waals surface area (Å²) in [5.74, 6) is -0.849. The Bertz CT molecular complexity index is 1490. The van der Waals surface area contributed by atoms with Gasteiger partial charge in [0.1, 0.15) is 5.75 Å². The van der Waals surface area contributed by atoms with E-state index in [4.69, 9.17) is 21.4 Å². The van der Waals surface area contributed by atoms with E-state index in [1.54, 1.807) is 42.5 Å². The molecular weight excluding hydrogens is 538 g/mol. The van der Waals surface area contributed by atoms with Gasteiger partial charge in [-0.15, -0.1) is 0 Å². The van der Waals surface area contributed by atoms with Crippen molar-refractivity contribution in [2.45, 2.75) is 29.0 Å². The van der Waals surface area contributed by atoms with Gasteiger partial charge in [-0.05, 0) is 65.2 Å². The summed E-state index contributed by atoms with van der Waals surface area (Å²) in [6.45, 7) is 0.924. The van der Waals surface area contributed by atoms with E-state index in [0.29, 0.717) is 24.7 Å². The van der Waals surface area contributed by atoms with Gasteiger partial charge in [0.15, 0.2) is 6.61 Å². The highest BCUT2D eigenvalue weighted by Gasteiger charge is 2.19. The van der Waals surface area contributed by atoms with E-state index >= 15 is 0 Å². The van der Waals surface area contributed by atoms with Crippen LogP contribution >= 0.6 is 11.6 Å². The highest BCUT2D eigenvalue weighted by molar-refractivity contribution is 7.91. The molecule has 0 aliphatic heterocycles. The molecular formula is C30H28ClNO6S. The van der Waals surface area contributed by atoms with Gasteiger partial charge in [-0.2, -0.15) is 0 Å². The molecule has 4 rings (SSSR count). The van der Waals surface area contributed by atoms with Crippen LogP contribution in [0.2, 0.25) is 5.02 Å². The first-order valence-corrected chi connectivity index (χ1v) is 14.1. The predicted octanol–water partition coefficient (Wildman–Crippen LogP) is 5.37. The number of aliphatic hydroxyl groups is 1. The maximum absolute atomic E-state index is 13.1. The van der Waals surface area contributed by atoms with Gasteiger partial charge in [-0.25, -0.2) is 13.2 Å². The van der Waals surface area contributed by atoms with Crippen LogP contribution < -0.4 is 4.74 Å². The molecule has 0 saturated carbocycles. The van der Waals surface area contributed by atoms with Crippen LogP contribution in [0.15, 0.2) is 113 Å². The summed E-state index contributed by atoms with van der Waals surface area (Å²) in [7, 11) is -3.78. The second-order valence-corrected chi connectivity index (χ2v) is 11.4. The molecule has 4 aromatic rings. The predicted molar refractivity (Wildman–Crippen MR) is 148 cm³/mol. The summed E-state index contributed by atoms with van der Waals surface area (Å²) < 4.78 is 31.3. The number of aliphatic carboxylic acids is 1. The summed E-state index contributed by atoms with van der Waals surface area (Å²) in [4.78, 5) is 13.0. The first-order valence-electron chi connectivity index (χ1n) is 12.2. The minimum Gasteiger partial charge on any atom is -0.482 e. The van der Waals surface area contributed by atoms with Crippen molar-refractivity contribution in [1.29, 1.82) is 0 Å². The van der Waals surface area contributed by atoms with Gasteiger partial charge in [0, 0.05) is 24.7 Å². The van der Waals surface area contributed by atoms with E-state index in [0.717, 1.165) is 16.7 Å². The van der Waals surface area contributed by atoms with Gasteiger partial charge in [-0.3, -0.25) is 4.90 Å². The van der Waals surface area contributed by atoms with Crippen molar-refractivity contribution in [3.63, 3.8) is 0 Å². The van der Waals surface area contributed by atoms with Crippen LogP contribution in [0.1, 0.15) is 22.8 Å². The second kappa shape index (κ2) is 12.9. The molecule has 202 valence electrons. The number of carbonyl (C=O) groups is 1. The molecule has 0 spiro atoms. The SMILES string of the molecule is O=C(O)COc1ccc(S(=O)(=O)c2ccc(CN(Cc3ccccc3)C[C@@H](O)c3cccc(Cl)c3)cc2)cc1. The van der Waals surface area contributed by atoms with E-state index in [-0.39, 0.29) is 15.5 Å². The zero-order valence-corrected chi connectivity index (χ0v) is 22.6. The van der Waals surface area contributed by atoms with Crippen LogP contribution in [0, 0.1) is 0 Å². The lowest BCUT2D eigenvalue weighted by Crippen LogP contribution is -2.28. The summed E-state index contributed by atoms with van der Waals surface area (Å²) >= 11 is 6.11. The molecule has 4 aromatic carbocycles. The summed E-state index contributed by atoms with van der Waals surface area (Å²) in [6, 6.07) is 29.4. The van der Waals surface area contributed by atoms with Crippen molar-refractivity contribution in [2.75, 3.05) is 13.2 Å². The molecule has 0 heterocycles. The largest absolute Gasteiger partial charge is 0.482 e. The molecule has 2 N–H and O–H groups in total. The number of carboxylic acids is 1. The molecule has 0 fully saturated rings. The van der Waals surface area contributed by atoms with Gasteiger partial charge in [-0.1, -0.05) is 66.2 Å². The standard InChI is InChI=1S/C30H28ClNO6S/c31-25-8-4-7-24(17-25)29(33)20-32(18-22-5-2-1-3-6-22)19-23-9-13-27(14-10-23)39(36,37)28-15-11-26(12-16-28)38-21-30(34)35/h1-17,29,33H,18-21H2,(H,34,35)/t29-/m1/s1. The molecule has 1 atom stereocenters. The Morgan fingerprint density at radius 2 is 1.41 bits per heavy atom. The van der Waals surface area contributed by atoms with Crippen LogP contribution in [0.25, 0.3) is 0 Å². The van der Waals surface area contributed by atoms with Crippen LogP contribution in [-0.2, 0) is 27.7 Å². The van der Waals surface area contributed by atoms with Crippen LogP contribution in [0.4, 0.5) is 0 Å². The maximum atomic E-state index is 13.1. The lowest BCUT2D eigenvalue weighted by molar-refractivity contribution is -0.139. The summed E-state index contributed by atoms with van der Waals surface area (Å²) in [5.41, 5.74) is 2.70. The van der Waals surface area contributed by atoms with Crippen LogP contribution in [-0.4, -0.2) is 42.7 Å². The highest BCUT2D eigenvalue weighted by atomic mass is 35.5. The Kier molecular flexibility index (Phi) is 9.37. The van der Waals surface area contributed by atoms with Gasteiger partial charge in [0.2, 0.25) is 9.84 Å². The third-order valence-electron chi connectivity index (χ3n) is 6.05. The Balaban J connectivity index is 1.49. The third-order valence-corrected chi connectivity index (χ3v) is 8.07. The molecule has 0 saturated heterocycles. The zero-order valence-electron chi connectivity index (χ0n) is 21.0. The average molecular weight is 566 g/mol. The van der Waals surface area contributed by atoms with Gasteiger partial charge in [0.25, 0.3) is 0 Å². The molecule has 0 bridgehead atoms. The zero-order chi connectivity index (χ0) is 27.8. The van der Waals surface area contributed by atoms with Crippen molar-refractivity contribution in [3.8, 4) is 5.75 Å². The summed E-state index contributed by atoms with van der Waals surface area (Å²) in [6.07, 6.45) is -0.755. The first kappa shape index (κ1) is 28.3. The molecule has 0 aliphatic rings. The number of rotatable bonds is 12. The molecule has 7 nitrogen and oxygen atoms in total. The molecule has 0 aromatic heterocycles. The lowest BCUT2D eigenvalue weighted by Gasteiger charge is -2.26. The molecule has 0 unspecified atom stereocenters. The highest BCUT2D eigenvalue weighted by Crippen LogP contribution is 2.25. The number of nitrogens with zero attached hydrogens (tertiary/aromatic N) is 1. The van der Waals surface area contributed by atoms with Crippen molar-refractivity contribution in [2.24, 2.45) is 0 Å². The maximum Gasteiger partial charge on any atom is 0.341 e. The topological polar surface area (TPSA) is 104 Å². The first-order chi connectivity index (χ1) is 18.7. The molecule has 0 aliphatic carbocycles. The number of sulfone groups is 1. The fourth-order valence-electron chi connectivity index (χ4n) is 4.12. The van der Waals surface area contributed by atoms with E-state index in [9.17, 15) is 18.3 Å². The lowest BCUT2D eigenvalue weighted by atomic mass is 10.1. The number of halogens is 1. The molecule has 9 heteroatoms. The quantitative estimate of drug-likeness (QED) is 0.238.